The van der Waals surface area contributed by atoms with E-state index in [0.717, 1.165) is 30.0 Å². The van der Waals surface area contributed by atoms with E-state index < -0.39 is 0 Å². The van der Waals surface area contributed by atoms with Crippen molar-refractivity contribution >= 4 is 17.4 Å². The molecule has 0 unspecified atom stereocenters. The van der Waals surface area contributed by atoms with E-state index in [0.29, 0.717) is 5.56 Å². The molecule has 0 bridgehead atoms. The number of nitrogens with zero attached hydrogens (tertiary/aromatic N) is 1. The fraction of sp³-hybridized carbons (Fsp3) is 0.294. The maximum Gasteiger partial charge on any atom is 0.257 e. The number of aromatic nitrogens is 1. The van der Waals surface area contributed by atoms with Gasteiger partial charge in [0.1, 0.15) is 5.82 Å². The topological polar surface area (TPSA) is 54.0 Å². The predicted molar refractivity (Wildman–Crippen MR) is 86.9 cm³/mol. The second-order valence-corrected chi connectivity index (χ2v) is 5.13. The first-order valence-corrected chi connectivity index (χ1v) is 7.18. The molecule has 4 nitrogen and oxygen atoms in total. The highest BCUT2D eigenvalue weighted by atomic mass is 16.1. The average Bonchev–Trinajstić information content (AvgIpc) is 2.48. The van der Waals surface area contributed by atoms with E-state index in [-0.39, 0.29) is 5.91 Å². The molecule has 0 spiro atoms. The normalized spacial score (nSPS) is 10.2. The van der Waals surface area contributed by atoms with Gasteiger partial charge in [-0.15, -0.1) is 0 Å². The van der Waals surface area contributed by atoms with Crippen molar-refractivity contribution in [3.63, 3.8) is 0 Å². The fourth-order valence-electron chi connectivity index (χ4n) is 2.03. The standard InChI is InChI=1S/C17H21N3O/c1-4-9-18-16-8-6-14(11-19-16)17(21)20-15-7-5-12(2)10-13(15)3/h5-8,10-11H,4,9H2,1-3H3,(H,18,19)(H,20,21). The van der Waals surface area contributed by atoms with Gasteiger partial charge < -0.3 is 10.6 Å². The number of anilines is 2. The van der Waals surface area contributed by atoms with Gasteiger partial charge in [0.25, 0.3) is 5.91 Å². The van der Waals surface area contributed by atoms with Crippen LogP contribution in [0.5, 0.6) is 0 Å². The SMILES string of the molecule is CCCNc1ccc(C(=O)Nc2ccc(C)cc2C)cn1. The highest BCUT2D eigenvalue weighted by molar-refractivity contribution is 6.04. The van der Waals surface area contributed by atoms with Crippen LogP contribution in [0.2, 0.25) is 0 Å². The fourth-order valence-corrected chi connectivity index (χ4v) is 2.03. The summed E-state index contributed by atoms with van der Waals surface area (Å²) < 4.78 is 0. The van der Waals surface area contributed by atoms with Gasteiger partial charge in [-0.25, -0.2) is 4.98 Å². The van der Waals surface area contributed by atoms with Gasteiger partial charge in [-0.1, -0.05) is 24.6 Å². The Morgan fingerprint density at radius 2 is 2.00 bits per heavy atom. The molecule has 110 valence electrons. The molecule has 2 N–H and O–H groups in total. The lowest BCUT2D eigenvalue weighted by Gasteiger charge is -2.09. The van der Waals surface area contributed by atoms with Crippen LogP contribution in [0, 0.1) is 13.8 Å². The van der Waals surface area contributed by atoms with Crippen molar-refractivity contribution in [2.45, 2.75) is 27.2 Å². The minimum absolute atomic E-state index is 0.142. The van der Waals surface area contributed by atoms with Crippen molar-refractivity contribution in [3.8, 4) is 0 Å². The Kier molecular flexibility index (Phi) is 4.93. The molecule has 0 atom stereocenters. The number of nitrogens with one attached hydrogen (secondary N) is 2. The van der Waals surface area contributed by atoms with E-state index >= 15 is 0 Å². The van der Waals surface area contributed by atoms with Gasteiger partial charge in [0.05, 0.1) is 5.56 Å². The van der Waals surface area contributed by atoms with E-state index in [1.54, 1.807) is 12.3 Å². The molecule has 1 aromatic heterocycles. The largest absolute Gasteiger partial charge is 0.370 e. The third kappa shape index (κ3) is 4.05. The van der Waals surface area contributed by atoms with Gasteiger partial charge in [0.15, 0.2) is 0 Å². The van der Waals surface area contributed by atoms with E-state index in [1.807, 2.05) is 38.1 Å². The summed E-state index contributed by atoms with van der Waals surface area (Å²) in [7, 11) is 0. The van der Waals surface area contributed by atoms with Crippen LogP contribution in [-0.2, 0) is 0 Å². The van der Waals surface area contributed by atoms with E-state index in [9.17, 15) is 4.79 Å². The number of amides is 1. The zero-order valence-corrected chi connectivity index (χ0v) is 12.7. The molecule has 4 heteroatoms. The summed E-state index contributed by atoms with van der Waals surface area (Å²) in [6.07, 6.45) is 2.63. The van der Waals surface area contributed by atoms with Gasteiger partial charge in [0.2, 0.25) is 0 Å². The minimum Gasteiger partial charge on any atom is -0.370 e. The summed E-state index contributed by atoms with van der Waals surface area (Å²) in [4.78, 5) is 16.4. The Bertz CT molecular complexity index is 620. The number of carbonyl (C=O) groups excluding carboxylic acids is 1. The summed E-state index contributed by atoms with van der Waals surface area (Å²) in [5.74, 6) is 0.649. The molecule has 1 aromatic carbocycles. The van der Waals surface area contributed by atoms with E-state index in [2.05, 4.69) is 22.5 Å². The van der Waals surface area contributed by atoms with E-state index in [1.165, 1.54) is 5.56 Å². The van der Waals surface area contributed by atoms with Crippen LogP contribution in [0.4, 0.5) is 11.5 Å². The third-order valence-corrected chi connectivity index (χ3v) is 3.21. The van der Waals surface area contributed by atoms with Crippen molar-refractivity contribution < 1.29 is 4.79 Å². The average molecular weight is 283 g/mol. The molecule has 0 aliphatic heterocycles. The number of hydrogen-bond acceptors (Lipinski definition) is 3. The van der Waals surface area contributed by atoms with Crippen LogP contribution in [-0.4, -0.2) is 17.4 Å². The summed E-state index contributed by atoms with van der Waals surface area (Å²) in [5, 5.41) is 6.10. The number of aryl methyl sites for hydroxylation is 2. The maximum absolute atomic E-state index is 12.2. The summed E-state index contributed by atoms with van der Waals surface area (Å²) >= 11 is 0. The summed E-state index contributed by atoms with van der Waals surface area (Å²) in [6, 6.07) is 9.56. The lowest BCUT2D eigenvalue weighted by Crippen LogP contribution is -2.13. The zero-order chi connectivity index (χ0) is 15.2. The van der Waals surface area contributed by atoms with Gasteiger partial charge in [-0.3, -0.25) is 4.79 Å². The van der Waals surface area contributed by atoms with Crippen molar-refractivity contribution in [2.24, 2.45) is 0 Å². The first-order chi connectivity index (χ1) is 10.1. The van der Waals surface area contributed by atoms with Gasteiger partial charge >= 0.3 is 0 Å². The van der Waals surface area contributed by atoms with E-state index in [4.69, 9.17) is 0 Å². The minimum atomic E-state index is -0.142. The molecular weight excluding hydrogens is 262 g/mol. The van der Waals surface area contributed by atoms with Gasteiger partial charge in [0, 0.05) is 18.4 Å². The Morgan fingerprint density at radius 3 is 2.62 bits per heavy atom. The van der Waals surface area contributed by atoms with Gasteiger partial charge in [-0.05, 0) is 44.0 Å². The third-order valence-electron chi connectivity index (χ3n) is 3.21. The molecule has 0 fully saturated rings. The Hall–Kier alpha value is -2.36. The molecular formula is C17H21N3O. The molecule has 1 amide bonds. The molecule has 0 radical (unpaired) electrons. The monoisotopic (exact) mass is 283 g/mol. The molecule has 0 aliphatic carbocycles. The first-order valence-electron chi connectivity index (χ1n) is 7.18. The van der Waals surface area contributed by atoms with Crippen molar-refractivity contribution in [2.75, 3.05) is 17.2 Å². The quantitative estimate of drug-likeness (QED) is 0.878. The second-order valence-electron chi connectivity index (χ2n) is 5.13. The Balaban J connectivity index is 2.06. The number of carbonyl (C=O) groups is 1. The summed E-state index contributed by atoms with van der Waals surface area (Å²) in [6.45, 7) is 6.99. The number of hydrogen-bond donors (Lipinski definition) is 2. The highest BCUT2D eigenvalue weighted by Crippen LogP contribution is 2.17. The number of pyridine rings is 1. The second kappa shape index (κ2) is 6.88. The molecule has 1 heterocycles. The highest BCUT2D eigenvalue weighted by Gasteiger charge is 2.08. The number of benzene rings is 1. The molecule has 2 aromatic rings. The van der Waals surface area contributed by atoms with Crippen LogP contribution < -0.4 is 10.6 Å². The number of rotatable bonds is 5. The van der Waals surface area contributed by atoms with Crippen LogP contribution in [0.25, 0.3) is 0 Å². The van der Waals surface area contributed by atoms with Crippen LogP contribution >= 0.6 is 0 Å². The van der Waals surface area contributed by atoms with Crippen molar-refractivity contribution in [1.82, 2.24) is 4.98 Å². The van der Waals surface area contributed by atoms with Crippen LogP contribution in [0.15, 0.2) is 36.5 Å². The zero-order valence-electron chi connectivity index (χ0n) is 12.7. The lowest BCUT2D eigenvalue weighted by atomic mass is 10.1. The summed E-state index contributed by atoms with van der Waals surface area (Å²) in [5.41, 5.74) is 3.62. The Labute approximate surface area is 125 Å². The molecule has 0 saturated carbocycles. The van der Waals surface area contributed by atoms with Gasteiger partial charge in [-0.2, -0.15) is 0 Å². The smallest absolute Gasteiger partial charge is 0.257 e. The predicted octanol–water partition coefficient (Wildman–Crippen LogP) is 3.77. The van der Waals surface area contributed by atoms with Crippen molar-refractivity contribution in [1.29, 1.82) is 0 Å². The maximum atomic E-state index is 12.2. The first kappa shape index (κ1) is 15.0. The molecule has 0 saturated heterocycles. The lowest BCUT2D eigenvalue weighted by molar-refractivity contribution is 0.102. The molecule has 0 aliphatic rings. The van der Waals surface area contributed by atoms with Crippen LogP contribution in [0.3, 0.4) is 0 Å². The molecule has 2 rings (SSSR count). The van der Waals surface area contributed by atoms with Crippen molar-refractivity contribution in [3.05, 3.63) is 53.2 Å². The molecule has 21 heavy (non-hydrogen) atoms. The van der Waals surface area contributed by atoms with Crippen LogP contribution in [0.1, 0.15) is 34.8 Å². The Morgan fingerprint density at radius 1 is 1.19 bits per heavy atom.